The van der Waals surface area contributed by atoms with Crippen molar-refractivity contribution in [3.05, 3.63) is 64.5 Å². The van der Waals surface area contributed by atoms with E-state index in [1.165, 1.54) is 27.8 Å². The molecule has 0 saturated carbocycles. The summed E-state index contributed by atoms with van der Waals surface area (Å²) in [5, 5.41) is 5.57. The zero-order chi connectivity index (χ0) is 22.9. The highest BCUT2D eigenvalue weighted by Gasteiger charge is 2.32. The molecule has 1 N–H and O–H groups in total. The van der Waals surface area contributed by atoms with Gasteiger partial charge in [0.2, 0.25) is 10.0 Å². The SMILES string of the molecule is CC1CC(C)CN(S(=O)(=O)c2cccc(C(=O)Nc3nc(-c4ccccc4Cl)cs3)c2)C1. The van der Waals surface area contributed by atoms with Crippen LogP contribution in [0.3, 0.4) is 0 Å². The van der Waals surface area contributed by atoms with Gasteiger partial charge in [-0.15, -0.1) is 11.3 Å². The van der Waals surface area contributed by atoms with Crippen molar-refractivity contribution in [2.24, 2.45) is 11.8 Å². The van der Waals surface area contributed by atoms with Crippen molar-refractivity contribution in [1.82, 2.24) is 9.29 Å². The van der Waals surface area contributed by atoms with Crippen LogP contribution in [0.5, 0.6) is 0 Å². The van der Waals surface area contributed by atoms with Crippen molar-refractivity contribution in [2.75, 3.05) is 18.4 Å². The van der Waals surface area contributed by atoms with E-state index in [1.807, 2.05) is 23.6 Å². The summed E-state index contributed by atoms with van der Waals surface area (Å²) in [6.45, 7) is 5.11. The van der Waals surface area contributed by atoms with Crippen molar-refractivity contribution in [3.63, 3.8) is 0 Å². The maximum Gasteiger partial charge on any atom is 0.257 e. The van der Waals surface area contributed by atoms with Crippen LogP contribution >= 0.6 is 22.9 Å². The molecule has 3 aromatic rings. The smallest absolute Gasteiger partial charge is 0.257 e. The monoisotopic (exact) mass is 489 g/mol. The first-order chi connectivity index (χ1) is 15.2. The number of carbonyl (C=O) groups is 1. The fourth-order valence-electron chi connectivity index (χ4n) is 4.04. The molecule has 2 heterocycles. The predicted octanol–water partition coefficient (Wildman–Crippen LogP) is 5.38. The second-order valence-electron chi connectivity index (χ2n) is 8.27. The van der Waals surface area contributed by atoms with Gasteiger partial charge in [0, 0.05) is 34.6 Å². The molecule has 0 radical (unpaired) electrons. The summed E-state index contributed by atoms with van der Waals surface area (Å²) < 4.78 is 27.9. The quantitative estimate of drug-likeness (QED) is 0.521. The second kappa shape index (κ2) is 9.31. The Morgan fingerprint density at radius 1 is 1.12 bits per heavy atom. The largest absolute Gasteiger partial charge is 0.298 e. The Labute approximate surface area is 197 Å². The summed E-state index contributed by atoms with van der Waals surface area (Å²) >= 11 is 7.51. The zero-order valence-corrected chi connectivity index (χ0v) is 20.2. The summed E-state index contributed by atoms with van der Waals surface area (Å²) in [5.74, 6) is 0.192. The number of nitrogens with zero attached hydrogens (tertiary/aromatic N) is 2. The molecule has 32 heavy (non-hydrogen) atoms. The number of nitrogens with one attached hydrogen (secondary N) is 1. The molecule has 9 heteroatoms. The third kappa shape index (κ3) is 4.88. The number of anilines is 1. The fraction of sp³-hybridized carbons (Fsp3) is 0.304. The van der Waals surface area contributed by atoms with E-state index in [-0.39, 0.29) is 10.5 Å². The van der Waals surface area contributed by atoms with E-state index < -0.39 is 15.9 Å². The lowest BCUT2D eigenvalue weighted by molar-refractivity contribution is 0.102. The third-order valence-corrected chi connectivity index (χ3v) is 8.36. The zero-order valence-electron chi connectivity index (χ0n) is 17.8. The van der Waals surface area contributed by atoms with E-state index in [9.17, 15) is 13.2 Å². The Morgan fingerprint density at radius 3 is 2.56 bits per heavy atom. The van der Waals surface area contributed by atoms with Gasteiger partial charge >= 0.3 is 0 Å². The normalized spacial score (nSPS) is 19.6. The Balaban J connectivity index is 1.52. The maximum atomic E-state index is 13.2. The number of amides is 1. The molecule has 1 amide bonds. The lowest BCUT2D eigenvalue weighted by atomic mass is 9.94. The summed E-state index contributed by atoms with van der Waals surface area (Å²) in [6, 6.07) is 13.5. The lowest BCUT2D eigenvalue weighted by Gasteiger charge is -2.34. The Kier molecular flexibility index (Phi) is 6.67. The minimum Gasteiger partial charge on any atom is -0.298 e. The molecule has 0 bridgehead atoms. The van der Waals surface area contributed by atoms with Crippen LogP contribution in [-0.4, -0.2) is 36.7 Å². The molecule has 0 aliphatic carbocycles. The van der Waals surface area contributed by atoms with Gasteiger partial charge in [-0.25, -0.2) is 13.4 Å². The Hall–Kier alpha value is -2.26. The van der Waals surface area contributed by atoms with Crippen molar-refractivity contribution in [3.8, 4) is 11.3 Å². The van der Waals surface area contributed by atoms with Crippen LogP contribution in [0.15, 0.2) is 58.8 Å². The highest BCUT2D eigenvalue weighted by atomic mass is 35.5. The molecule has 1 fully saturated rings. The number of rotatable bonds is 5. The molecule has 2 aromatic carbocycles. The topological polar surface area (TPSA) is 79.4 Å². The number of sulfonamides is 1. The average molecular weight is 490 g/mol. The van der Waals surface area contributed by atoms with Crippen LogP contribution in [0.4, 0.5) is 5.13 Å². The second-order valence-corrected chi connectivity index (χ2v) is 11.5. The van der Waals surface area contributed by atoms with Crippen molar-refractivity contribution >= 4 is 44.0 Å². The number of thiazole rings is 1. The first-order valence-corrected chi connectivity index (χ1v) is 13.1. The molecule has 1 aromatic heterocycles. The van der Waals surface area contributed by atoms with Crippen LogP contribution in [0, 0.1) is 11.8 Å². The minimum atomic E-state index is -3.67. The van der Waals surface area contributed by atoms with Crippen LogP contribution in [0.2, 0.25) is 5.02 Å². The summed E-state index contributed by atoms with van der Waals surface area (Å²) in [5.41, 5.74) is 1.71. The van der Waals surface area contributed by atoms with E-state index in [4.69, 9.17) is 11.6 Å². The Morgan fingerprint density at radius 2 is 1.84 bits per heavy atom. The third-order valence-electron chi connectivity index (χ3n) is 5.44. The van der Waals surface area contributed by atoms with Gasteiger partial charge in [-0.05, 0) is 42.5 Å². The highest BCUT2D eigenvalue weighted by molar-refractivity contribution is 7.89. The fourth-order valence-corrected chi connectivity index (χ4v) is 6.71. The summed E-state index contributed by atoms with van der Waals surface area (Å²) in [7, 11) is -3.67. The molecule has 168 valence electrons. The van der Waals surface area contributed by atoms with Crippen LogP contribution < -0.4 is 5.32 Å². The predicted molar refractivity (Wildman–Crippen MR) is 129 cm³/mol. The minimum absolute atomic E-state index is 0.127. The van der Waals surface area contributed by atoms with Crippen molar-refractivity contribution in [2.45, 2.75) is 25.2 Å². The summed E-state index contributed by atoms with van der Waals surface area (Å²) in [4.78, 5) is 17.4. The molecule has 6 nitrogen and oxygen atoms in total. The molecular formula is C23H24ClN3O3S2. The molecule has 1 aliphatic heterocycles. The van der Waals surface area contributed by atoms with E-state index >= 15 is 0 Å². The lowest BCUT2D eigenvalue weighted by Crippen LogP contribution is -2.42. The first kappa shape index (κ1) is 22.9. The standard InChI is InChI=1S/C23H24ClN3O3S2/c1-15-10-16(2)13-27(12-15)32(29,30)18-7-5-6-17(11-18)22(28)26-23-25-21(14-31-23)19-8-3-4-9-20(19)24/h3-9,11,14-16H,10,12-13H2,1-2H3,(H,25,26,28). The maximum absolute atomic E-state index is 13.2. The van der Waals surface area contributed by atoms with E-state index in [0.29, 0.717) is 40.8 Å². The van der Waals surface area contributed by atoms with Crippen molar-refractivity contribution < 1.29 is 13.2 Å². The van der Waals surface area contributed by atoms with Gasteiger partial charge in [0.25, 0.3) is 5.91 Å². The number of carbonyl (C=O) groups excluding carboxylic acids is 1. The Bertz CT molecular complexity index is 1230. The average Bonchev–Trinajstić information content (AvgIpc) is 3.21. The summed E-state index contributed by atoms with van der Waals surface area (Å²) in [6.07, 6.45) is 1.01. The molecule has 1 saturated heterocycles. The number of piperidine rings is 1. The van der Waals surface area contributed by atoms with Crippen LogP contribution in [0.1, 0.15) is 30.6 Å². The molecule has 2 atom stereocenters. The van der Waals surface area contributed by atoms with Gasteiger partial charge < -0.3 is 0 Å². The molecule has 4 rings (SSSR count). The first-order valence-electron chi connectivity index (χ1n) is 10.4. The number of hydrogen-bond acceptors (Lipinski definition) is 5. The van der Waals surface area contributed by atoms with Gasteiger partial charge in [0.05, 0.1) is 10.6 Å². The highest BCUT2D eigenvalue weighted by Crippen LogP contribution is 2.31. The number of aromatic nitrogens is 1. The van der Waals surface area contributed by atoms with Gasteiger partial charge in [-0.3, -0.25) is 10.1 Å². The van der Waals surface area contributed by atoms with Gasteiger partial charge in [-0.2, -0.15) is 4.31 Å². The molecule has 0 spiro atoms. The number of halogens is 1. The van der Waals surface area contributed by atoms with Crippen LogP contribution in [0.25, 0.3) is 11.3 Å². The van der Waals surface area contributed by atoms with Gasteiger partial charge in [-0.1, -0.05) is 49.7 Å². The molecule has 2 unspecified atom stereocenters. The number of benzene rings is 2. The van der Waals surface area contributed by atoms with Gasteiger partial charge in [0.15, 0.2) is 5.13 Å². The molecular weight excluding hydrogens is 466 g/mol. The van der Waals surface area contributed by atoms with Crippen LogP contribution in [-0.2, 0) is 10.0 Å². The van der Waals surface area contributed by atoms with E-state index in [0.717, 1.165) is 12.0 Å². The molecule has 1 aliphatic rings. The van der Waals surface area contributed by atoms with E-state index in [1.54, 1.807) is 18.2 Å². The number of hydrogen-bond donors (Lipinski definition) is 1. The van der Waals surface area contributed by atoms with Crippen molar-refractivity contribution in [1.29, 1.82) is 0 Å². The van der Waals surface area contributed by atoms with E-state index in [2.05, 4.69) is 24.1 Å². The van der Waals surface area contributed by atoms with Gasteiger partial charge in [0.1, 0.15) is 0 Å².